The van der Waals surface area contributed by atoms with E-state index in [2.05, 4.69) is 15.3 Å². The van der Waals surface area contributed by atoms with E-state index in [9.17, 15) is 4.79 Å². The Morgan fingerprint density at radius 2 is 1.92 bits per heavy atom. The van der Waals surface area contributed by atoms with Crippen molar-refractivity contribution in [1.82, 2.24) is 15.3 Å². The molecule has 24 heavy (non-hydrogen) atoms. The first-order valence-corrected chi connectivity index (χ1v) is 8.48. The number of ether oxygens (including phenoxy) is 1. The van der Waals surface area contributed by atoms with Gasteiger partial charge < -0.3 is 10.1 Å². The topological polar surface area (TPSA) is 64.1 Å². The van der Waals surface area contributed by atoms with Crippen molar-refractivity contribution in [2.24, 2.45) is 0 Å². The summed E-state index contributed by atoms with van der Waals surface area (Å²) in [4.78, 5) is 20.2. The fraction of sp³-hybridized carbons (Fsp3) is 0.167. The van der Waals surface area contributed by atoms with Crippen LogP contribution >= 0.6 is 11.3 Å². The Labute approximate surface area is 144 Å². The SMILES string of the molecule is O=C(NCCc1csc(-c2ccncc2)n1)OCc1ccccc1. The Bertz CT molecular complexity index is 775. The van der Waals surface area contributed by atoms with Crippen LogP contribution in [-0.4, -0.2) is 22.6 Å². The van der Waals surface area contributed by atoms with Crippen LogP contribution in [0.3, 0.4) is 0 Å². The molecule has 3 rings (SSSR count). The van der Waals surface area contributed by atoms with E-state index in [1.807, 2.05) is 47.8 Å². The summed E-state index contributed by atoms with van der Waals surface area (Å²) in [6.45, 7) is 0.767. The predicted octanol–water partition coefficient (Wildman–Crippen LogP) is 3.67. The number of amides is 1. The lowest BCUT2D eigenvalue weighted by molar-refractivity contribution is 0.140. The van der Waals surface area contributed by atoms with Crippen LogP contribution in [0.5, 0.6) is 0 Å². The normalized spacial score (nSPS) is 10.3. The maximum absolute atomic E-state index is 11.7. The van der Waals surface area contributed by atoms with Crippen molar-refractivity contribution in [2.75, 3.05) is 6.54 Å². The van der Waals surface area contributed by atoms with Crippen molar-refractivity contribution in [3.8, 4) is 10.6 Å². The highest BCUT2D eigenvalue weighted by molar-refractivity contribution is 7.13. The Morgan fingerprint density at radius 1 is 1.12 bits per heavy atom. The minimum Gasteiger partial charge on any atom is -0.445 e. The molecule has 1 aromatic carbocycles. The molecule has 0 aliphatic heterocycles. The maximum atomic E-state index is 11.7. The van der Waals surface area contributed by atoms with Gasteiger partial charge in [-0.25, -0.2) is 9.78 Å². The summed E-state index contributed by atoms with van der Waals surface area (Å²) in [5.41, 5.74) is 2.97. The number of hydrogen-bond acceptors (Lipinski definition) is 5. The summed E-state index contributed by atoms with van der Waals surface area (Å²) in [5, 5.41) is 5.71. The minimum atomic E-state index is -0.413. The summed E-state index contributed by atoms with van der Waals surface area (Å²) >= 11 is 1.59. The first-order valence-electron chi connectivity index (χ1n) is 7.60. The summed E-state index contributed by atoms with van der Waals surface area (Å²) in [7, 11) is 0. The molecule has 5 nitrogen and oxygen atoms in total. The molecule has 6 heteroatoms. The molecule has 0 saturated carbocycles. The molecule has 0 radical (unpaired) electrons. The monoisotopic (exact) mass is 339 g/mol. The average molecular weight is 339 g/mol. The number of thiazole rings is 1. The van der Waals surface area contributed by atoms with E-state index >= 15 is 0 Å². The van der Waals surface area contributed by atoms with Crippen LogP contribution in [0.25, 0.3) is 10.6 Å². The lowest BCUT2D eigenvalue weighted by Gasteiger charge is -2.06. The summed E-state index contributed by atoms with van der Waals surface area (Å²) in [6, 6.07) is 13.5. The van der Waals surface area contributed by atoms with E-state index in [1.54, 1.807) is 23.7 Å². The number of hydrogen-bond donors (Lipinski definition) is 1. The maximum Gasteiger partial charge on any atom is 0.407 e. The second-order valence-corrected chi connectivity index (χ2v) is 5.98. The van der Waals surface area contributed by atoms with Gasteiger partial charge in [0.05, 0.1) is 5.69 Å². The van der Waals surface area contributed by atoms with E-state index in [0.717, 1.165) is 21.8 Å². The fourth-order valence-corrected chi connectivity index (χ4v) is 2.98. The van der Waals surface area contributed by atoms with Crippen LogP contribution in [0.1, 0.15) is 11.3 Å². The van der Waals surface area contributed by atoms with Crippen molar-refractivity contribution < 1.29 is 9.53 Å². The molecule has 0 fully saturated rings. The second kappa shape index (κ2) is 8.21. The standard InChI is InChI=1S/C18H17N3O2S/c22-18(23-12-14-4-2-1-3-5-14)20-11-8-16-13-24-17(21-16)15-6-9-19-10-7-15/h1-7,9-10,13H,8,11-12H2,(H,20,22). The number of rotatable bonds is 6. The molecule has 2 heterocycles. The third-order valence-corrected chi connectivity index (χ3v) is 4.28. The highest BCUT2D eigenvalue weighted by Gasteiger charge is 2.06. The van der Waals surface area contributed by atoms with Gasteiger partial charge >= 0.3 is 6.09 Å². The van der Waals surface area contributed by atoms with E-state index in [1.165, 1.54) is 0 Å². The molecule has 0 atom stereocenters. The third-order valence-electron chi connectivity index (χ3n) is 3.34. The molecule has 0 spiro atoms. The highest BCUT2D eigenvalue weighted by atomic mass is 32.1. The van der Waals surface area contributed by atoms with Gasteiger partial charge in [0.2, 0.25) is 0 Å². The summed E-state index contributed by atoms with van der Waals surface area (Å²) < 4.78 is 5.17. The van der Waals surface area contributed by atoms with Crippen LogP contribution in [0.4, 0.5) is 4.79 Å². The smallest absolute Gasteiger partial charge is 0.407 e. The van der Waals surface area contributed by atoms with Gasteiger partial charge in [-0.1, -0.05) is 30.3 Å². The Morgan fingerprint density at radius 3 is 2.71 bits per heavy atom. The molecule has 3 aromatic rings. The fourth-order valence-electron chi connectivity index (χ4n) is 2.12. The third kappa shape index (κ3) is 4.63. The van der Waals surface area contributed by atoms with Crippen molar-refractivity contribution >= 4 is 17.4 Å². The first-order chi connectivity index (χ1) is 11.8. The van der Waals surface area contributed by atoms with Gasteiger partial charge in [0, 0.05) is 36.3 Å². The lowest BCUT2D eigenvalue weighted by Crippen LogP contribution is -2.26. The Balaban J connectivity index is 1.42. The van der Waals surface area contributed by atoms with E-state index in [0.29, 0.717) is 13.0 Å². The number of nitrogens with one attached hydrogen (secondary N) is 1. The molecule has 2 aromatic heterocycles. The number of nitrogens with zero attached hydrogens (tertiary/aromatic N) is 2. The Hall–Kier alpha value is -2.73. The largest absolute Gasteiger partial charge is 0.445 e. The van der Waals surface area contributed by atoms with Crippen LogP contribution in [0, 0.1) is 0 Å². The van der Waals surface area contributed by atoms with E-state index < -0.39 is 6.09 Å². The second-order valence-electron chi connectivity index (χ2n) is 5.12. The van der Waals surface area contributed by atoms with Gasteiger partial charge in [-0.3, -0.25) is 4.98 Å². The van der Waals surface area contributed by atoms with Crippen molar-refractivity contribution in [2.45, 2.75) is 13.0 Å². The molecule has 0 unspecified atom stereocenters. The number of pyridine rings is 1. The zero-order valence-corrected chi connectivity index (χ0v) is 13.8. The molecule has 1 amide bonds. The number of benzene rings is 1. The van der Waals surface area contributed by atoms with E-state index in [4.69, 9.17) is 4.74 Å². The van der Waals surface area contributed by atoms with Gasteiger partial charge in [0.25, 0.3) is 0 Å². The highest BCUT2D eigenvalue weighted by Crippen LogP contribution is 2.22. The molecular formula is C18H17N3O2S. The van der Waals surface area contributed by atoms with Gasteiger partial charge in [0.15, 0.2) is 0 Å². The summed E-state index contributed by atoms with van der Waals surface area (Å²) in [5.74, 6) is 0. The lowest BCUT2D eigenvalue weighted by atomic mass is 10.2. The molecule has 1 N–H and O–H groups in total. The van der Waals surface area contributed by atoms with Gasteiger partial charge in [-0.2, -0.15) is 0 Å². The molecule has 0 bridgehead atoms. The average Bonchev–Trinajstić information content (AvgIpc) is 3.11. The minimum absolute atomic E-state index is 0.273. The van der Waals surface area contributed by atoms with Crippen LogP contribution in [-0.2, 0) is 17.8 Å². The van der Waals surface area contributed by atoms with Crippen LogP contribution in [0.2, 0.25) is 0 Å². The molecular weight excluding hydrogens is 322 g/mol. The van der Waals surface area contributed by atoms with Crippen molar-refractivity contribution in [1.29, 1.82) is 0 Å². The van der Waals surface area contributed by atoms with Gasteiger partial charge in [0.1, 0.15) is 11.6 Å². The van der Waals surface area contributed by atoms with Crippen LogP contribution in [0.15, 0.2) is 60.2 Å². The van der Waals surface area contributed by atoms with Gasteiger partial charge in [-0.05, 0) is 17.7 Å². The van der Waals surface area contributed by atoms with Gasteiger partial charge in [-0.15, -0.1) is 11.3 Å². The number of carbonyl (C=O) groups is 1. The Kier molecular flexibility index (Phi) is 5.52. The van der Waals surface area contributed by atoms with Crippen molar-refractivity contribution in [3.63, 3.8) is 0 Å². The number of carbonyl (C=O) groups excluding carboxylic acids is 1. The molecule has 0 aliphatic rings. The zero-order chi connectivity index (χ0) is 16.6. The molecule has 0 aliphatic carbocycles. The molecule has 122 valence electrons. The zero-order valence-electron chi connectivity index (χ0n) is 13.0. The number of aromatic nitrogens is 2. The number of alkyl carbamates (subject to hydrolysis) is 1. The quantitative estimate of drug-likeness (QED) is 0.744. The predicted molar refractivity (Wildman–Crippen MR) is 93.7 cm³/mol. The summed E-state index contributed by atoms with van der Waals surface area (Å²) in [6.07, 6.45) is 3.76. The van der Waals surface area contributed by atoms with Crippen LogP contribution < -0.4 is 5.32 Å². The van der Waals surface area contributed by atoms with Crippen molar-refractivity contribution in [3.05, 3.63) is 71.5 Å². The first kappa shape index (κ1) is 16.1. The van der Waals surface area contributed by atoms with E-state index in [-0.39, 0.29) is 6.61 Å². The molecule has 0 saturated heterocycles.